The molecule has 0 saturated carbocycles. The lowest BCUT2D eigenvalue weighted by atomic mass is 10.2. The van der Waals surface area contributed by atoms with Crippen LogP contribution in [0.25, 0.3) is 0 Å². The van der Waals surface area contributed by atoms with Crippen LogP contribution in [0.15, 0.2) is 77.7 Å². The summed E-state index contributed by atoms with van der Waals surface area (Å²) in [7, 11) is -3.90. The Kier molecular flexibility index (Phi) is 5.14. The zero-order valence-electron chi connectivity index (χ0n) is 14.4. The van der Waals surface area contributed by atoms with Crippen LogP contribution in [0.2, 0.25) is 0 Å². The molecule has 138 valence electrons. The van der Waals surface area contributed by atoms with Gasteiger partial charge in [0.25, 0.3) is 10.0 Å². The lowest BCUT2D eigenvalue weighted by Crippen LogP contribution is -2.13. The van der Waals surface area contributed by atoms with Gasteiger partial charge in [-0.1, -0.05) is 23.8 Å². The molecule has 0 heterocycles. The van der Waals surface area contributed by atoms with Crippen molar-refractivity contribution in [2.75, 3.05) is 4.72 Å². The van der Waals surface area contributed by atoms with E-state index in [-0.39, 0.29) is 10.5 Å². The second-order valence-electron chi connectivity index (χ2n) is 5.88. The van der Waals surface area contributed by atoms with Crippen LogP contribution in [0.1, 0.15) is 15.9 Å². The van der Waals surface area contributed by atoms with E-state index in [9.17, 15) is 13.2 Å². The zero-order chi connectivity index (χ0) is 19.4. The molecular weight excluding hydrogens is 366 g/mol. The Balaban J connectivity index is 1.74. The molecule has 0 aliphatic carbocycles. The highest BCUT2D eigenvalue weighted by Crippen LogP contribution is 2.24. The number of carboxylic acids is 1. The predicted molar refractivity (Wildman–Crippen MR) is 102 cm³/mol. The Hall–Kier alpha value is -3.32. The molecule has 0 aliphatic rings. The Bertz CT molecular complexity index is 1060. The summed E-state index contributed by atoms with van der Waals surface area (Å²) >= 11 is 0. The van der Waals surface area contributed by atoms with Crippen molar-refractivity contribution < 1.29 is 23.1 Å². The van der Waals surface area contributed by atoms with Gasteiger partial charge >= 0.3 is 5.97 Å². The number of aromatic carboxylic acids is 1. The molecule has 3 aromatic carbocycles. The average molecular weight is 383 g/mol. The molecule has 0 spiro atoms. The van der Waals surface area contributed by atoms with E-state index in [0.29, 0.717) is 17.2 Å². The summed E-state index contributed by atoms with van der Waals surface area (Å²) < 4.78 is 33.0. The van der Waals surface area contributed by atoms with Gasteiger partial charge in [-0.25, -0.2) is 13.2 Å². The molecule has 0 amide bonds. The summed E-state index contributed by atoms with van der Waals surface area (Å²) in [4.78, 5) is 10.9. The first-order valence-corrected chi connectivity index (χ1v) is 9.52. The van der Waals surface area contributed by atoms with Crippen LogP contribution in [-0.4, -0.2) is 19.5 Å². The van der Waals surface area contributed by atoms with Gasteiger partial charge in [0, 0.05) is 5.69 Å². The fraction of sp³-hybridized carbons (Fsp3) is 0.0500. The second-order valence-corrected chi connectivity index (χ2v) is 7.56. The normalized spacial score (nSPS) is 11.0. The molecule has 0 atom stereocenters. The first kappa shape index (κ1) is 18.5. The Morgan fingerprint density at radius 2 is 1.52 bits per heavy atom. The largest absolute Gasteiger partial charge is 0.478 e. The first-order valence-electron chi connectivity index (χ1n) is 8.04. The van der Waals surface area contributed by atoms with Crippen molar-refractivity contribution in [2.45, 2.75) is 11.8 Å². The molecule has 7 heteroatoms. The first-order chi connectivity index (χ1) is 12.8. The van der Waals surface area contributed by atoms with E-state index in [2.05, 4.69) is 4.72 Å². The number of aryl methyl sites for hydroxylation is 1. The third-order valence-corrected chi connectivity index (χ3v) is 5.13. The monoisotopic (exact) mass is 383 g/mol. The van der Waals surface area contributed by atoms with Crippen LogP contribution in [0.4, 0.5) is 5.69 Å². The number of rotatable bonds is 6. The van der Waals surface area contributed by atoms with Crippen LogP contribution < -0.4 is 9.46 Å². The molecule has 27 heavy (non-hydrogen) atoms. The summed E-state index contributed by atoms with van der Waals surface area (Å²) in [5, 5.41) is 9.00. The van der Waals surface area contributed by atoms with Gasteiger partial charge in [-0.15, -0.1) is 0 Å². The fourth-order valence-electron chi connectivity index (χ4n) is 2.34. The van der Waals surface area contributed by atoms with Crippen molar-refractivity contribution in [3.8, 4) is 11.5 Å². The van der Waals surface area contributed by atoms with Crippen molar-refractivity contribution in [3.05, 3.63) is 83.9 Å². The maximum atomic E-state index is 12.4. The molecule has 3 rings (SSSR count). The van der Waals surface area contributed by atoms with Gasteiger partial charge in [0.15, 0.2) is 0 Å². The Morgan fingerprint density at radius 3 is 2.11 bits per heavy atom. The van der Waals surface area contributed by atoms with Gasteiger partial charge in [0.1, 0.15) is 11.5 Å². The number of nitrogens with one attached hydrogen (secondary N) is 1. The molecule has 6 nitrogen and oxygen atoms in total. The molecule has 0 saturated heterocycles. The number of hydrogen-bond donors (Lipinski definition) is 2. The number of carboxylic acid groups (broad SMARTS) is 1. The SMILES string of the molecule is Cc1ccc(Oc2ccc(NS(=O)(=O)c3cccc(C(=O)O)c3)cc2)cc1. The van der Waals surface area contributed by atoms with Crippen LogP contribution in [0, 0.1) is 6.92 Å². The smallest absolute Gasteiger partial charge is 0.335 e. The molecule has 0 unspecified atom stereocenters. The van der Waals surface area contributed by atoms with Crippen LogP contribution in [-0.2, 0) is 10.0 Å². The van der Waals surface area contributed by atoms with Crippen molar-refractivity contribution in [3.63, 3.8) is 0 Å². The van der Waals surface area contributed by atoms with Gasteiger partial charge < -0.3 is 9.84 Å². The fourth-order valence-corrected chi connectivity index (χ4v) is 3.45. The second kappa shape index (κ2) is 7.51. The minimum absolute atomic E-state index is 0.0975. The van der Waals surface area contributed by atoms with E-state index >= 15 is 0 Å². The molecular formula is C20H17NO5S. The summed E-state index contributed by atoms with van der Waals surface area (Å²) in [6, 6.07) is 19.2. The molecule has 0 aromatic heterocycles. The molecule has 0 aliphatic heterocycles. The number of anilines is 1. The molecule has 0 bridgehead atoms. The van der Waals surface area contributed by atoms with Crippen LogP contribution in [0.5, 0.6) is 11.5 Å². The molecule has 0 radical (unpaired) electrons. The van der Waals surface area contributed by atoms with Crippen molar-refractivity contribution >= 4 is 21.7 Å². The van der Waals surface area contributed by atoms with Crippen molar-refractivity contribution in [1.82, 2.24) is 0 Å². The van der Waals surface area contributed by atoms with E-state index in [0.717, 1.165) is 11.6 Å². The molecule has 2 N–H and O–H groups in total. The van der Waals surface area contributed by atoms with Gasteiger partial charge in [-0.05, 0) is 61.5 Å². The average Bonchev–Trinajstić information content (AvgIpc) is 2.65. The molecule has 0 fully saturated rings. The molecule has 3 aromatic rings. The predicted octanol–water partition coefficient (Wildman–Crippen LogP) is 4.29. The highest BCUT2D eigenvalue weighted by molar-refractivity contribution is 7.92. The van der Waals surface area contributed by atoms with Gasteiger partial charge in [0.2, 0.25) is 0 Å². The van der Waals surface area contributed by atoms with Gasteiger partial charge in [0.05, 0.1) is 10.5 Å². The third kappa shape index (κ3) is 4.65. The number of ether oxygens (including phenoxy) is 1. The maximum absolute atomic E-state index is 12.4. The van der Waals surface area contributed by atoms with E-state index in [1.54, 1.807) is 24.3 Å². The highest BCUT2D eigenvalue weighted by atomic mass is 32.2. The lowest BCUT2D eigenvalue weighted by molar-refractivity contribution is 0.0696. The van der Waals surface area contributed by atoms with Crippen LogP contribution in [0.3, 0.4) is 0 Å². The summed E-state index contributed by atoms with van der Waals surface area (Å²) in [6.45, 7) is 1.98. The zero-order valence-corrected chi connectivity index (χ0v) is 15.2. The van der Waals surface area contributed by atoms with E-state index in [4.69, 9.17) is 9.84 Å². The van der Waals surface area contributed by atoms with E-state index in [1.165, 1.54) is 18.2 Å². The lowest BCUT2D eigenvalue weighted by Gasteiger charge is -2.10. The minimum atomic E-state index is -3.90. The van der Waals surface area contributed by atoms with Crippen LogP contribution >= 0.6 is 0 Å². The van der Waals surface area contributed by atoms with Gasteiger partial charge in [-0.3, -0.25) is 4.72 Å². The topological polar surface area (TPSA) is 92.7 Å². The van der Waals surface area contributed by atoms with Gasteiger partial charge in [-0.2, -0.15) is 0 Å². The minimum Gasteiger partial charge on any atom is -0.478 e. The Morgan fingerprint density at radius 1 is 0.926 bits per heavy atom. The summed E-state index contributed by atoms with van der Waals surface area (Å²) in [6.07, 6.45) is 0. The Labute approximate surface area is 157 Å². The summed E-state index contributed by atoms with van der Waals surface area (Å²) in [5.74, 6) is 0.0544. The number of sulfonamides is 1. The maximum Gasteiger partial charge on any atom is 0.335 e. The number of benzene rings is 3. The highest BCUT2D eigenvalue weighted by Gasteiger charge is 2.16. The van der Waals surface area contributed by atoms with Crippen molar-refractivity contribution in [1.29, 1.82) is 0 Å². The number of carbonyl (C=O) groups is 1. The quantitative estimate of drug-likeness (QED) is 0.662. The third-order valence-electron chi connectivity index (χ3n) is 3.75. The summed E-state index contributed by atoms with van der Waals surface area (Å²) in [5.41, 5.74) is 1.37. The van der Waals surface area contributed by atoms with E-state index in [1.807, 2.05) is 31.2 Å². The number of hydrogen-bond acceptors (Lipinski definition) is 4. The standard InChI is InChI=1S/C20H17NO5S/c1-14-5-9-17(10-6-14)26-18-11-7-16(8-12-18)21-27(24,25)19-4-2-3-15(13-19)20(22)23/h2-13,21H,1H3,(H,22,23). The van der Waals surface area contributed by atoms with E-state index < -0.39 is 16.0 Å². The van der Waals surface area contributed by atoms with Crippen molar-refractivity contribution in [2.24, 2.45) is 0 Å².